The molecular weight excluding hydrogens is 194 g/mol. The maximum atomic E-state index is 11.0. The molecule has 0 aliphatic carbocycles. The number of carbonyl (C=O) groups excluding carboxylic acids is 3. The van der Waals surface area contributed by atoms with E-state index >= 15 is 0 Å². The van der Waals surface area contributed by atoms with Gasteiger partial charge in [0.25, 0.3) is 0 Å². The first-order valence-corrected chi connectivity index (χ1v) is 3.57. The van der Waals surface area contributed by atoms with E-state index in [1.807, 2.05) is 0 Å². The van der Waals surface area contributed by atoms with Gasteiger partial charge in [0, 0.05) is 0 Å². The molecule has 1 saturated heterocycles. The summed E-state index contributed by atoms with van der Waals surface area (Å²) < 4.78 is 0. The highest BCUT2D eigenvalue weighted by atomic mass is 16.4. The van der Waals surface area contributed by atoms with E-state index in [0.717, 1.165) is 0 Å². The molecule has 0 aromatic carbocycles. The number of barbiturate groups is 1. The van der Waals surface area contributed by atoms with E-state index < -0.39 is 35.8 Å². The molecule has 0 aromatic rings. The van der Waals surface area contributed by atoms with E-state index in [2.05, 4.69) is 0 Å². The number of rotatable bonds is 2. The molecule has 1 atom stereocenters. The van der Waals surface area contributed by atoms with Crippen molar-refractivity contribution in [3.05, 3.63) is 0 Å². The molecule has 1 aliphatic heterocycles. The molecule has 8 heteroatoms. The van der Waals surface area contributed by atoms with Crippen molar-refractivity contribution in [1.29, 1.82) is 0 Å². The number of carboxylic acids is 1. The maximum Gasteiger partial charge on any atom is 0.328 e. The second-order valence-corrected chi connectivity index (χ2v) is 2.65. The molecule has 0 saturated carbocycles. The van der Waals surface area contributed by atoms with Gasteiger partial charge >= 0.3 is 12.0 Å². The Morgan fingerprint density at radius 3 is 2.07 bits per heavy atom. The first-order valence-electron chi connectivity index (χ1n) is 3.57. The summed E-state index contributed by atoms with van der Waals surface area (Å²) >= 11 is 0. The van der Waals surface area contributed by atoms with Crippen molar-refractivity contribution in [1.82, 2.24) is 10.6 Å². The number of carbonyl (C=O) groups is 4. The van der Waals surface area contributed by atoms with Gasteiger partial charge in [-0.25, -0.2) is 4.79 Å². The third kappa shape index (κ3) is 1.69. The zero-order valence-corrected chi connectivity index (χ0v) is 6.81. The predicted molar refractivity (Wildman–Crippen MR) is 40.8 cm³/mol. The van der Waals surface area contributed by atoms with E-state index in [0.29, 0.717) is 0 Å². The van der Waals surface area contributed by atoms with E-state index in [4.69, 9.17) is 10.8 Å². The average molecular weight is 201 g/mol. The lowest BCUT2D eigenvalue weighted by atomic mass is 9.97. The molecule has 1 rings (SSSR count). The van der Waals surface area contributed by atoms with Crippen molar-refractivity contribution in [3.63, 3.8) is 0 Å². The van der Waals surface area contributed by atoms with Crippen LogP contribution in [0.3, 0.4) is 0 Å². The van der Waals surface area contributed by atoms with Crippen LogP contribution in [0, 0.1) is 5.92 Å². The number of hydrogen-bond donors (Lipinski definition) is 4. The Labute approximate surface area is 77.4 Å². The normalized spacial score (nSPS) is 19.9. The summed E-state index contributed by atoms with van der Waals surface area (Å²) in [6.07, 6.45) is 0. The number of aliphatic carboxylic acids is 1. The minimum atomic E-state index is -1.66. The van der Waals surface area contributed by atoms with Crippen LogP contribution in [0.25, 0.3) is 0 Å². The van der Waals surface area contributed by atoms with Gasteiger partial charge in [-0.3, -0.25) is 25.0 Å². The molecule has 76 valence electrons. The first-order chi connectivity index (χ1) is 6.43. The number of imide groups is 2. The molecule has 0 bridgehead atoms. The van der Waals surface area contributed by atoms with Crippen LogP contribution in [-0.4, -0.2) is 35.0 Å². The second kappa shape index (κ2) is 3.42. The maximum absolute atomic E-state index is 11.0. The smallest absolute Gasteiger partial charge is 0.328 e. The Morgan fingerprint density at radius 1 is 1.29 bits per heavy atom. The zero-order chi connectivity index (χ0) is 10.9. The number of carboxylic acid groups (broad SMARTS) is 1. The summed E-state index contributed by atoms with van der Waals surface area (Å²) in [5.74, 6) is -5.08. The molecule has 1 unspecified atom stereocenters. The standard InChI is InChI=1S/C6H7N3O5/c7-2(5(12)13)1-3(10)8-6(14)9-4(1)11/h1-2H,7H2,(H,12,13)(H2,8,9,10,11,14). The second-order valence-electron chi connectivity index (χ2n) is 2.65. The van der Waals surface area contributed by atoms with Gasteiger partial charge in [0.1, 0.15) is 12.0 Å². The van der Waals surface area contributed by atoms with Crippen LogP contribution in [0.4, 0.5) is 4.79 Å². The number of nitrogens with two attached hydrogens (primary N) is 1. The number of nitrogens with one attached hydrogen (secondary N) is 2. The molecular formula is C6H7N3O5. The highest BCUT2D eigenvalue weighted by molar-refractivity contribution is 6.18. The van der Waals surface area contributed by atoms with Gasteiger partial charge in [0.15, 0.2) is 0 Å². The summed E-state index contributed by atoms with van der Waals surface area (Å²) in [5.41, 5.74) is 5.08. The molecule has 1 aliphatic rings. The van der Waals surface area contributed by atoms with Gasteiger partial charge in [-0.1, -0.05) is 0 Å². The van der Waals surface area contributed by atoms with Crippen molar-refractivity contribution in [2.45, 2.75) is 6.04 Å². The molecule has 1 fully saturated rings. The Morgan fingerprint density at radius 2 is 1.71 bits per heavy atom. The van der Waals surface area contributed by atoms with Gasteiger partial charge in [-0.2, -0.15) is 0 Å². The van der Waals surface area contributed by atoms with Gasteiger partial charge in [0.05, 0.1) is 0 Å². The van der Waals surface area contributed by atoms with E-state index in [9.17, 15) is 19.2 Å². The molecule has 8 nitrogen and oxygen atoms in total. The molecule has 4 amide bonds. The third-order valence-corrected chi connectivity index (χ3v) is 1.68. The van der Waals surface area contributed by atoms with Crippen LogP contribution in [0.5, 0.6) is 0 Å². The summed E-state index contributed by atoms with van der Waals surface area (Å²) in [6, 6.07) is -2.64. The minimum absolute atomic E-state index is 0.978. The van der Waals surface area contributed by atoms with Crippen molar-refractivity contribution < 1.29 is 24.3 Å². The van der Waals surface area contributed by atoms with E-state index in [1.165, 1.54) is 0 Å². The van der Waals surface area contributed by atoms with Gasteiger partial charge in [0.2, 0.25) is 11.8 Å². The Balaban J connectivity index is 2.87. The Hall–Kier alpha value is -1.96. The number of urea groups is 1. The van der Waals surface area contributed by atoms with Crippen molar-refractivity contribution in [2.24, 2.45) is 11.7 Å². The van der Waals surface area contributed by atoms with Crippen LogP contribution in [-0.2, 0) is 14.4 Å². The summed E-state index contributed by atoms with van der Waals surface area (Å²) in [7, 11) is 0. The monoisotopic (exact) mass is 201 g/mol. The predicted octanol–water partition coefficient (Wildman–Crippen LogP) is -2.62. The lowest BCUT2D eigenvalue weighted by molar-refractivity contribution is -0.147. The third-order valence-electron chi connectivity index (χ3n) is 1.68. The van der Waals surface area contributed by atoms with Crippen LogP contribution in [0.1, 0.15) is 0 Å². The Kier molecular flexibility index (Phi) is 2.47. The lowest BCUT2D eigenvalue weighted by Gasteiger charge is -2.22. The fraction of sp³-hybridized carbons (Fsp3) is 0.333. The topological polar surface area (TPSA) is 139 Å². The fourth-order valence-corrected chi connectivity index (χ4v) is 0.998. The highest BCUT2D eigenvalue weighted by Gasteiger charge is 2.41. The highest BCUT2D eigenvalue weighted by Crippen LogP contribution is 2.06. The van der Waals surface area contributed by atoms with Crippen LogP contribution in [0.2, 0.25) is 0 Å². The molecule has 0 spiro atoms. The minimum Gasteiger partial charge on any atom is -0.480 e. The van der Waals surface area contributed by atoms with E-state index in [1.54, 1.807) is 10.6 Å². The van der Waals surface area contributed by atoms with Crippen LogP contribution in [0.15, 0.2) is 0 Å². The molecule has 0 radical (unpaired) electrons. The molecule has 1 heterocycles. The summed E-state index contributed by atoms with van der Waals surface area (Å²) in [5, 5.41) is 12.0. The lowest BCUT2D eigenvalue weighted by Crippen LogP contribution is -2.61. The van der Waals surface area contributed by atoms with Crippen molar-refractivity contribution in [2.75, 3.05) is 0 Å². The average Bonchev–Trinajstić information content (AvgIpc) is 2.01. The van der Waals surface area contributed by atoms with Crippen LogP contribution < -0.4 is 16.4 Å². The molecule has 0 aromatic heterocycles. The van der Waals surface area contributed by atoms with Gasteiger partial charge < -0.3 is 10.8 Å². The summed E-state index contributed by atoms with van der Waals surface area (Å²) in [6.45, 7) is 0. The van der Waals surface area contributed by atoms with Crippen molar-refractivity contribution in [3.8, 4) is 0 Å². The van der Waals surface area contributed by atoms with Crippen molar-refractivity contribution >= 4 is 23.8 Å². The zero-order valence-electron chi connectivity index (χ0n) is 6.81. The van der Waals surface area contributed by atoms with Gasteiger partial charge in [-0.05, 0) is 0 Å². The Bertz CT molecular complexity index is 305. The number of amides is 4. The van der Waals surface area contributed by atoms with E-state index in [-0.39, 0.29) is 0 Å². The summed E-state index contributed by atoms with van der Waals surface area (Å²) in [4.78, 5) is 43.0. The largest absolute Gasteiger partial charge is 0.480 e. The van der Waals surface area contributed by atoms with Crippen LogP contribution >= 0.6 is 0 Å². The van der Waals surface area contributed by atoms with Gasteiger partial charge in [-0.15, -0.1) is 0 Å². The number of hydrogen-bond acceptors (Lipinski definition) is 5. The molecule has 14 heavy (non-hydrogen) atoms. The fourth-order valence-electron chi connectivity index (χ4n) is 0.998. The quantitative estimate of drug-likeness (QED) is 0.361. The molecule has 5 N–H and O–H groups in total. The first kappa shape index (κ1) is 10.1. The SMILES string of the molecule is NC(C(=O)O)C1C(=O)NC(=O)NC1=O.